The number of rotatable bonds is 2. The minimum absolute atomic E-state index is 0.0721. The minimum Gasteiger partial charge on any atom is -0.494 e. The van der Waals surface area contributed by atoms with Crippen LogP contribution in [-0.4, -0.2) is 12.1 Å². The van der Waals surface area contributed by atoms with E-state index in [0.717, 1.165) is 11.1 Å². The molecule has 2 aromatic carbocycles. The number of nitrogen functional groups attached to an aromatic ring is 1. The van der Waals surface area contributed by atoms with Gasteiger partial charge in [0.25, 0.3) is 6.01 Å². The summed E-state index contributed by atoms with van der Waals surface area (Å²) in [6.07, 6.45) is 0. The van der Waals surface area contributed by atoms with Crippen molar-refractivity contribution in [3.8, 4) is 16.9 Å². The second kappa shape index (κ2) is 4.28. The van der Waals surface area contributed by atoms with E-state index in [-0.39, 0.29) is 11.8 Å². The fraction of sp³-hybridized carbons (Fsp3) is 0.0714. The molecule has 0 aliphatic rings. The fourth-order valence-corrected chi connectivity index (χ4v) is 2.02. The molecule has 0 saturated carbocycles. The zero-order valence-corrected chi connectivity index (χ0v) is 10.2. The van der Waals surface area contributed by atoms with Gasteiger partial charge in [-0.15, -0.1) is 0 Å². The molecule has 3 rings (SSSR count). The second-order valence-electron chi connectivity index (χ2n) is 4.05. The van der Waals surface area contributed by atoms with E-state index < -0.39 is 0 Å². The van der Waals surface area contributed by atoms with Crippen LogP contribution in [0.25, 0.3) is 22.2 Å². The Morgan fingerprint density at radius 1 is 1.16 bits per heavy atom. The third-order valence-corrected chi connectivity index (χ3v) is 2.90. The van der Waals surface area contributed by atoms with Gasteiger partial charge in [0.05, 0.1) is 7.11 Å². The highest BCUT2D eigenvalue weighted by Crippen LogP contribution is 2.35. The number of hydrogen-bond donors (Lipinski definition) is 1. The van der Waals surface area contributed by atoms with Gasteiger partial charge in [0.15, 0.2) is 11.1 Å². The smallest absolute Gasteiger partial charge is 0.293 e. The van der Waals surface area contributed by atoms with Gasteiger partial charge in [-0.25, -0.2) is 4.39 Å². The molecule has 5 heteroatoms. The number of nitrogens with zero attached hydrogens (tertiary/aromatic N) is 1. The highest BCUT2D eigenvalue weighted by atomic mass is 19.1. The van der Waals surface area contributed by atoms with E-state index >= 15 is 0 Å². The second-order valence-corrected chi connectivity index (χ2v) is 4.05. The summed E-state index contributed by atoms with van der Waals surface area (Å²) in [6.45, 7) is 0. The van der Waals surface area contributed by atoms with E-state index in [0.29, 0.717) is 16.8 Å². The van der Waals surface area contributed by atoms with E-state index in [4.69, 9.17) is 14.9 Å². The summed E-state index contributed by atoms with van der Waals surface area (Å²) in [4.78, 5) is 4.10. The van der Waals surface area contributed by atoms with Crippen LogP contribution < -0.4 is 10.5 Å². The van der Waals surface area contributed by atoms with Crippen molar-refractivity contribution in [3.05, 3.63) is 42.2 Å². The monoisotopic (exact) mass is 258 g/mol. The Kier molecular flexibility index (Phi) is 2.59. The van der Waals surface area contributed by atoms with E-state index in [1.807, 2.05) is 6.07 Å². The lowest BCUT2D eigenvalue weighted by Gasteiger charge is -2.05. The van der Waals surface area contributed by atoms with Gasteiger partial charge in [-0.05, 0) is 29.8 Å². The van der Waals surface area contributed by atoms with Crippen molar-refractivity contribution >= 4 is 17.1 Å². The van der Waals surface area contributed by atoms with Crippen molar-refractivity contribution in [2.75, 3.05) is 12.8 Å². The molecule has 0 saturated heterocycles. The van der Waals surface area contributed by atoms with E-state index in [9.17, 15) is 4.39 Å². The molecular formula is C14H11FN2O2. The number of methoxy groups -OCH3 is 1. The highest BCUT2D eigenvalue weighted by Gasteiger charge is 2.14. The molecule has 0 aliphatic heterocycles. The molecule has 0 spiro atoms. The molecule has 4 nitrogen and oxygen atoms in total. The maximum absolute atomic E-state index is 13.0. The first-order chi connectivity index (χ1) is 9.19. The molecule has 0 radical (unpaired) electrons. The summed E-state index contributed by atoms with van der Waals surface area (Å²) in [5.74, 6) is 0.298. The SMILES string of the molecule is COc1ccc(-c2ccc(F)cc2)c2oc(N)nc12. The molecule has 1 aromatic heterocycles. The minimum atomic E-state index is -0.286. The maximum Gasteiger partial charge on any atom is 0.293 e. The Morgan fingerprint density at radius 3 is 2.58 bits per heavy atom. The van der Waals surface area contributed by atoms with Gasteiger partial charge in [0, 0.05) is 5.56 Å². The molecule has 0 aliphatic carbocycles. The number of anilines is 1. The van der Waals surface area contributed by atoms with Crippen LogP contribution in [0.3, 0.4) is 0 Å². The quantitative estimate of drug-likeness (QED) is 0.766. The third kappa shape index (κ3) is 1.89. The average Bonchev–Trinajstić information content (AvgIpc) is 2.80. The fourth-order valence-electron chi connectivity index (χ4n) is 2.02. The van der Waals surface area contributed by atoms with Crippen LogP contribution in [0, 0.1) is 5.82 Å². The van der Waals surface area contributed by atoms with Gasteiger partial charge in [-0.1, -0.05) is 12.1 Å². The van der Waals surface area contributed by atoms with Crippen LogP contribution >= 0.6 is 0 Å². The summed E-state index contributed by atoms with van der Waals surface area (Å²) < 4.78 is 23.6. The van der Waals surface area contributed by atoms with Gasteiger partial charge in [-0.2, -0.15) is 4.98 Å². The largest absolute Gasteiger partial charge is 0.494 e. The molecule has 3 aromatic rings. The number of ether oxygens (including phenoxy) is 1. The summed E-state index contributed by atoms with van der Waals surface area (Å²) >= 11 is 0. The lowest BCUT2D eigenvalue weighted by atomic mass is 10.0. The predicted octanol–water partition coefficient (Wildman–Crippen LogP) is 3.22. The molecule has 0 atom stereocenters. The highest BCUT2D eigenvalue weighted by molar-refractivity contribution is 5.94. The predicted molar refractivity (Wildman–Crippen MR) is 70.4 cm³/mol. The molecule has 2 N–H and O–H groups in total. The standard InChI is InChI=1S/C14H11FN2O2/c1-18-11-7-6-10(8-2-4-9(15)5-3-8)13-12(11)17-14(16)19-13/h2-7H,1H3,(H2,16,17). The van der Waals surface area contributed by atoms with E-state index in [2.05, 4.69) is 4.98 Å². The molecule has 0 unspecified atom stereocenters. The summed E-state index contributed by atoms with van der Waals surface area (Å²) in [7, 11) is 1.55. The first kappa shape index (κ1) is 11.5. The van der Waals surface area contributed by atoms with Crippen LogP contribution in [0.5, 0.6) is 5.75 Å². The Balaban J connectivity index is 2.27. The van der Waals surface area contributed by atoms with Crippen LogP contribution in [0.1, 0.15) is 0 Å². The van der Waals surface area contributed by atoms with Gasteiger partial charge < -0.3 is 14.9 Å². The molecular weight excluding hydrogens is 247 g/mol. The molecule has 19 heavy (non-hydrogen) atoms. The Labute approximate surface area is 108 Å². The van der Waals surface area contributed by atoms with E-state index in [1.165, 1.54) is 12.1 Å². The number of halogens is 1. The van der Waals surface area contributed by atoms with Crippen LogP contribution in [0.2, 0.25) is 0 Å². The Hall–Kier alpha value is -2.56. The number of aromatic nitrogens is 1. The van der Waals surface area contributed by atoms with Crippen molar-refractivity contribution in [2.45, 2.75) is 0 Å². The number of oxazole rings is 1. The van der Waals surface area contributed by atoms with Crippen molar-refractivity contribution in [3.63, 3.8) is 0 Å². The zero-order valence-electron chi connectivity index (χ0n) is 10.2. The number of hydrogen-bond acceptors (Lipinski definition) is 4. The van der Waals surface area contributed by atoms with E-state index in [1.54, 1.807) is 25.3 Å². The Morgan fingerprint density at radius 2 is 1.89 bits per heavy atom. The molecule has 96 valence electrons. The Bertz CT molecular complexity index is 735. The van der Waals surface area contributed by atoms with Crippen molar-refractivity contribution < 1.29 is 13.5 Å². The van der Waals surface area contributed by atoms with Crippen molar-refractivity contribution in [1.82, 2.24) is 4.98 Å². The number of fused-ring (bicyclic) bond motifs is 1. The van der Waals surface area contributed by atoms with Crippen LogP contribution in [-0.2, 0) is 0 Å². The molecule has 0 bridgehead atoms. The first-order valence-corrected chi connectivity index (χ1v) is 5.68. The van der Waals surface area contributed by atoms with Crippen molar-refractivity contribution in [1.29, 1.82) is 0 Å². The lowest BCUT2D eigenvalue weighted by Crippen LogP contribution is -1.87. The summed E-state index contributed by atoms with van der Waals surface area (Å²) in [5.41, 5.74) is 8.30. The van der Waals surface area contributed by atoms with Gasteiger partial charge in [0.2, 0.25) is 0 Å². The topological polar surface area (TPSA) is 61.3 Å². The molecule has 0 amide bonds. The summed E-state index contributed by atoms with van der Waals surface area (Å²) in [6, 6.07) is 9.82. The van der Waals surface area contributed by atoms with Gasteiger partial charge in [0.1, 0.15) is 11.6 Å². The number of nitrogens with two attached hydrogens (primary N) is 1. The first-order valence-electron chi connectivity index (χ1n) is 5.68. The molecule has 0 fully saturated rings. The maximum atomic E-state index is 13.0. The third-order valence-electron chi connectivity index (χ3n) is 2.90. The summed E-state index contributed by atoms with van der Waals surface area (Å²) in [5, 5.41) is 0. The number of benzene rings is 2. The van der Waals surface area contributed by atoms with Gasteiger partial charge in [-0.3, -0.25) is 0 Å². The zero-order chi connectivity index (χ0) is 13.4. The van der Waals surface area contributed by atoms with Crippen LogP contribution in [0.15, 0.2) is 40.8 Å². The van der Waals surface area contributed by atoms with Gasteiger partial charge >= 0.3 is 0 Å². The normalized spacial score (nSPS) is 10.8. The average molecular weight is 258 g/mol. The molecule has 1 heterocycles. The van der Waals surface area contributed by atoms with Crippen molar-refractivity contribution in [2.24, 2.45) is 0 Å². The lowest BCUT2D eigenvalue weighted by molar-refractivity contribution is 0.419. The van der Waals surface area contributed by atoms with Crippen LogP contribution in [0.4, 0.5) is 10.4 Å².